The maximum Gasteiger partial charge on any atom is 0.211 e. The predicted octanol–water partition coefficient (Wildman–Crippen LogP) is 2.72. The number of rotatable bonds is 7. The summed E-state index contributed by atoms with van der Waals surface area (Å²) in [7, 11) is -3.21. The summed E-state index contributed by atoms with van der Waals surface area (Å²) in [6.45, 7) is 0.567. The van der Waals surface area contributed by atoms with Gasteiger partial charge in [0.2, 0.25) is 10.0 Å². The van der Waals surface area contributed by atoms with Gasteiger partial charge in [-0.1, -0.05) is 31.0 Å². The molecule has 0 amide bonds. The first-order valence-corrected chi connectivity index (χ1v) is 9.73. The Kier molecular flexibility index (Phi) is 5.13. The molecule has 0 unspecified atom stereocenters. The molecule has 0 aliphatic heterocycles. The molecule has 3 rings (SSSR count). The van der Waals surface area contributed by atoms with Gasteiger partial charge in [0, 0.05) is 18.1 Å². The summed E-state index contributed by atoms with van der Waals surface area (Å²) in [5.74, 6) is 1.23. The van der Waals surface area contributed by atoms with E-state index in [9.17, 15) is 8.42 Å². The van der Waals surface area contributed by atoms with E-state index in [0.29, 0.717) is 18.3 Å². The van der Waals surface area contributed by atoms with E-state index >= 15 is 0 Å². The van der Waals surface area contributed by atoms with Gasteiger partial charge in [-0.15, -0.1) is 0 Å². The highest BCUT2D eigenvalue weighted by Gasteiger charge is 2.22. The Labute approximate surface area is 137 Å². The molecule has 1 fully saturated rings. The summed E-state index contributed by atoms with van der Waals surface area (Å²) in [6.07, 6.45) is 6.08. The van der Waals surface area contributed by atoms with Crippen LogP contribution in [0.4, 0.5) is 0 Å². The van der Waals surface area contributed by atoms with E-state index in [1.807, 2.05) is 30.3 Å². The second-order valence-corrected chi connectivity index (χ2v) is 7.86. The standard InChI is InChI=1S/C17H22N2O3S/c20-23(21,13-14-5-1-2-6-14)19-11-12-22-16-9-3-7-15-8-4-10-18-17(15)16/h3-4,7-10,14,19H,1-2,5-6,11-13H2. The zero-order valence-corrected chi connectivity index (χ0v) is 13.9. The first kappa shape index (κ1) is 16.2. The van der Waals surface area contributed by atoms with E-state index in [4.69, 9.17) is 4.74 Å². The largest absolute Gasteiger partial charge is 0.490 e. The molecule has 0 atom stereocenters. The van der Waals surface area contributed by atoms with Crippen LogP contribution in [0.1, 0.15) is 25.7 Å². The predicted molar refractivity (Wildman–Crippen MR) is 91.0 cm³/mol. The summed E-state index contributed by atoms with van der Waals surface area (Å²) in [4.78, 5) is 4.31. The van der Waals surface area contributed by atoms with Gasteiger partial charge in [-0.2, -0.15) is 0 Å². The topological polar surface area (TPSA) is 68.3 Å². The molecule has 1 heterocycles. The van der Waals surface area contributed by atoms with Crippen LogP contribution < -0.4 is 9.46 Å². The molecule has 0 spiro atoms. The fourth-order valence-electron chi connectivity index (χ4n) is 3.10. The lowest BCUT2D eigenvalue weighted by Gasteiger charge is -2.12. The number of fused-ring (bicyclic) bond motifs is 1. The molecular formula is C17H22N2O3S. The van der Waals surface area contributed by atoms with Crippen LogP contribution in [-0.4, -0.2) is 32.3 Å². The van der Waals surface area contributed by atoms with Crippen molar-refractivity contribution in [1.82, 2.24) is 9.71 Å². The first-order valence-electron chi connectivity index (χ1n) is 8.08. The molecule has 2 aromatic rings. The molecule has 6 heteroatoms. The first-order chi connectivity index (χ1) is 11.1. The Morgan fingerprint density at radius 1 is 1.17 bits per heavy atom. The van der Waals surface area contributed by atoms with Gasteiger partial charge in [0.25, 0.3) is 0 Å². The third-order valence-corrected chi connectivity index (χ3v) is 5.76. The molecule has 1 aromatic carbocycles. The number of benzene rings is 1. The van der Waals surface area contributed by atoms with Crippen molar-refractivity contribution in [2.24, 2.45) is 5.92 Å². The third-order valence-electron chi connectivity index (χ3n) is 4.21. The molecule has 1 aliphatic carbocycles. The van der Waals surface area contributed by atoms with Gasteiger partial charge in [-0.25, -0.2) is 13.1 Å². The summed E-state index contributed by atoms with van der Waals surface area (Å²) < 4.78 is 32.4. The third kappa shape index (κ3) is 4.42. The summed E-state index contributed by atoms with van der Waals surface area (Å²) in [5.41, 5.74) is 0.795. The van der Waals surface area contributed by atoms with E-state index in [-0.39, 0.29) is 12.3 Å². The van der Waals surface area contributed by atoms with Crippen LogP contribution in [0.2, 0.25) is 0 Å². The van der Waals surface area contributed by atoms with E-state index in [1.54, 1.807) is 6.20 Å². The fourth-order valence-corrected chi connectivity index (χ4v) is 4.56. The molecule has 124 valence electrons. The van der Waals surface area contributed by atoms with Gasteiger partial charge in [-0.05, 0) is 30.9 Å². The lowest BCUT2D eigenvalue weighted by atomic mass is 10.1. The van der Waals surface area contributed by atoms with E-state index in [1.165, 1.54) is 0 Å². The number of nitrogens with one attached hydrogen (secondary N) is 1. The van der Waals surface area contributed by atoms with Crippen molar-refractivity contribution in [1.29, 1.82) is 0 Å². The number of aromatic nitrogens is 1. The summed E-state index contributed by atoms with van der Waals surface area (Å²) in [6, 6.07) is 9.58. The van der Waals surface area contributed by atoms with Crippen molar-refractivity contribution in [2.45, 2.75) is 25.7 Å². The van der Waals surface area contributed by atoms with Crippen LogP contribution in [0.5, 0.6) is 5.75 Å². The van der Waals surface area contributed by atoms with Gasteiger partial charge in [0.15, 0.2) is 0 Å². The van der Waals surface area contributed by atoms with E-state index in [2.05, 4.69) is 9.71 Å². The van der Waals surface area contributed by atoms with Gasteiger partial charge in [-0.3, -0.25) is 4.98 Å². The van der Waals surface area contributed by atoms with Crippen molar-refractivity contribution < 1.29 is 13.2 Å². The van der Waals surface area contributed by atoms with Crippen LogP contribution in [-0.2, 0) is 10.0 Å². The van der Waals surface area contributed by atoms with Gasteiger partial charge < -0.3 is 4.74 Å². The Balaban J connectivity index is 1.51. The Bertz CT molecular complexity index is 750. The SMILES string of the molecule is O=S(=O)(CC1CCCC1)NCCOc1cccc2cccnc12. The monoisotopic (exact) mass is 334 g/mol. The zero-order valence-electron chi connectivity index (χ0n) is 13.1. The van der Waals surface area contributed by atoms with Crippen molar-refractivity contribution in [3.63, 3.8) is 0 Å². The normalized spacial score (nSPS) is 16.0. The van der Waals surface area contributed by atoms with Crippen LogP contribution >= 0.6 is 0 Å². The number of hydrogen-bond donors (Lipinski definition) is 1. The Morgan fingerprint density at radius 3 is 2.78 bits per heavy atom. The highest BCUT2D eigenvalue weighted by atomic mass is 32.2. The quantitative estimate of drug-likeness (QED) is 0.791. The molecular weight excluding hydrogens is 312 g/mol. The van der Waals surface area contributed by atoms with E-state index in [0.717, 1.165) is 36.6 Å². The second-order valence-electron chi connectivity index (χ2n) is 6.01. The zero-order chi connectivity index (χ0) is 16.1. The van der Waals surface area contributed by atoms with Crippen molar-refractivity contribution in [3.8, 4) is 5.75 Å². The second kappa shape index (κ2) is 7.27. The van der Waals surface area contributed by atoms with Crippen LogP contribution in [0.15, 0.2) is 36.5 Å². The molecule has 5 nitrogen and oxygen atoms in total. The molecule has 1 aliphatic rings. The van der Waals surface area contributed by atoms with Crippen LogP contribution in [0.3, 0.4) is 0 Å². The van der Waals surface area contributed by atoms with Gasteiger partial charge in [0.1, 0.15) is 17.9 Å². The average molecular weight is 334 g/mol. The molecule has 1 aromatic heterocycles. The van der Waals surface area contributed by atoms with Gasteiger partial charge in [0.05, 0.1) is 5.75 Å². The fraction of sp³-hybridized carbons (Fsp3) is 0.471. The highest BCUT2D eigenvalue weighted by molar-refractivity contribution is 7.89. The highest BCUT2D eigenvalue weighted by Crippen LogP contribution is 2.25. The average Bonchev–Trinajstić information content (AvgIpc) is 3.04. The van der Waals surface area contributed by atoms with Crippen LogP contribution in [0, 0.1) is 5.92 Å². The lowest BCUT2D eigenvalue weighted by molar-refractivity contribution is 0.326. The number of sulfonamides is 1. The maximum absolute atomic E-state index is 12.0. The van der Waals surface area contributed by atoms with Gasteiger partial charge >= 0.3 is 0 Å². The Hall–Kier alpha value is -1.66. The van der Waals surface area contributed by atoms with Crippen molar-refractivity contribution in [3.05, 3.63) is 36.5 Å². The molecule has 1 saturated carbocycles. The van der Waals surface area contributed by atoms with Crippen molar-refractivity contribution >= 4 is 20.9 Å². The summed E-state index contributed by atoms with van der Waals surface area (Å²) >= 11 is 0. The number of hydrogen-bond acceptors (Lipinski definition) is 4. The molecule has 1 N–H and O–H groups in total. The minimum absolute atomic E-state index is 0.239. The smallest absolute Gasteiger partial charge is 0.211 e. The van der Waals surface area contributed by atoms with Crippen LogP contribution in [0.25, 0.3) is 10.9 Å². The number of para-hydroxylation sites is 1. The number of nitrogens with zero attached hydrogens (tertiary/aromatic N) is 1. The minimum atomic E-state index is -3.21. The molecule has 23 heavy (non-hydrogen) atoms. The number of pyridine rings is 1. The molecule has 0 saturated heterocycles. The Morgan fingerprint density at radius 2 is 1.96 bits per heavy atom. The molecule has 0 radical (unpaired) electrons. The molecule has 0 bridgehead atoms. The summed E-state index contributed by atoms with van der Waals surface area (Å²) in [5, 5.41) is 1.01. The van der Waals surface area contributed by atoms with Crippen molar-refractivity contribution in [2.75, 3.05) is 18.9 Å². The van der Waals surface area contributed by atoms with E-state index < -0.39 is 10.0 Å². The number of ether oxygens (including phenoxy) is 1. The maximum atomic E-state index is 12.0. The minimum Gasteiger partial charge on any atom is -0.490 e. The lowest BCUT2D eigenvalue weighted by Crippen LogP contribution is -2.32.